The van der Waals surface area contributed by atoms with Crippen LogP contribution < -0.4 is 0 Å². The third kappa shape index (κ3) is 2.35. The summed E-state index contributed by atoms with van der Waals surface area (Å²) in [4.78, 5) is 9.14. The highest BCUT2D eigenvalue weighted by atomic mass is 32.1. The van der Waals surface area contributed by atoms with Gasteiger partial charge in [0.25, 0.3) is 0 Å². The Labute approximate surface area is 139 Å². The largest absolute Gasteiger partial charge is 0.299 e. The average molecular weight is 319 g/mol. The molecule has 23 heavy (non-hydrogen) atoms. The monoisotopic (exact) mass is 319 g/mol. The van der Waals surface area contributed by atoms with Gasteiger partial charge in [0.1, 0.15) is 5.82 Å². The summed E-state index contributed by atoms with van der Waals surface area (Å²) in [5.74, 6) is 0.968. The normalized spacial score (nSPS) is 11.3. The Balaban J connectivity index is 1.91. The van der Waals surface area contributed by atoms with Crippen molar-refractivity contribution >= 4 is 21.6 Å². The highest BCUT2D eigenvalue weighted by molar-refractivity contribution is 7.18. The topological polar surface area (TPSA) is 30.7 Å². The molecule has 0 saturated heterocycles. The van der Waals surface area contributed by atoms with E-state index >= 15 is 0 Å². The summed E-state index contributed by atoms with van der Waals surface area (Å²) in [6.07, 6.45) is 3.90. The molecule has 0 fully saturated rings. The predicted octanol–water partition coefficient (Wildman–Crippen LogP) is 5.07. The molecule has 0 aliphatic rings. The van der Waals surface area contributed by atoms with Gasteiger partial charge in [-0.05, 0) is 50.1 Å². The molecule has 0 atom stereocenters. The Hall–Kier alpha value is -2.46. The summed E-state index contributed by atoms with van der Waals surface area (Å²) in [6, 6.07) is 12.7. The fraction of sp³-hybridized carbons (Fsp3) is 0.158. The zero-order valence-corrected chi connectivity index (χ0v) is 14.2. The molecule has 0 spiro atoms. The number of nitrogens with zero attached hydrogens (tertiary/aromatic N) is 3. The van der Waals surface area contributed by atoms with Crippen molar-refractivity contribution in [1.82, 2.24) is 14.5 Å². The van der Waals surface area contributed by atoms with Crippen molar-refractivity contribution in [2.24, 2.45) is 0 Å². The summed E-state index contributed by atoms with van der Waals surface area (Å²) < 4.78 is 3.38. The van der Waals surface area contributed by atoms with Crippen molar-refractivity contribution in [2.45, 2.75) is 20.8 Å². The first-order chi connectivity index (χ1) is 11.1. The maximum atomic E-state index is 4.61. The number of benzene rings is 2. The fourth-order valence-corrected chi connectivity index (χ4v) is 3.93. The molecule has 0 aliphatic heterocycles. The average Bonchev–Trinajstić information content (AvgIpc) is 3.11. The second kappa shape index (κ2) is 5.32. The Morgan fingerprint density at radius 2 is 1.78 bits per heavy atom. The molecular weight excluding hydrogens is 302 g/mol. The van der Waals surface area contributed by atoms with Gasteiger partial charge in [0.15, 0.2) is 0 Å². The Morgan fingerprint density at radius 1 is 1.00 bits per heavy atom. The van der Waals surface area contributed by atoms with Crippen LogP contribution in [0.5, 0.6) is 0 Å². The molecule has 3 nitrogen and oxygen atoms in total. The summed E-state index contributed by atoms with van der Waals surface area (Å²) in [6.45, 7) is 6.33. The van der Waals surface area contributed by atoms with E-state index in [1.807, 2.05) is 19.3 Å². The van der Waals surface area contributed by atoms with Crippen LogP contribution in [0, 0.1) is 20.8 Å². The van der Waals surface area contributed by atoms with Crippen LogP contribution in [-0.4, -0.2) is 14.5 Å². The van der Waals surface area contributed by atoms with Gasteiger partial charge in [0, 0.05) is 18.0 Å². The zero-order chi connectivity index (χ0) is 16.0. The molecule has 0 aliphatic carbocycles. The van der Waals surface area contributed by atoms with Crippen LogP contribution in [-0.2, 0) is 0 Å². The molecule has 0 radical (unpaired) electrons. The standard InChI is InChI=1S/C19H17N3S/c1-12-5-4-6-13(2)18(12)22-10-9-20-19(22)15-7-8-16-17(11-15)23-14(3)21-16/h4-11H,1-3H3. The van der Waals surface area contributed by atoms with Crippen molar-refractivity contribution in [1.29, 1.82) is 0 Å². The second-order valence-corrected chi connectivity index (χ2v) is 7.01. The van der Waals surface area contributed by atoms with Crippen molar-refractivity contribution in [3.05, 3.63) is 64.9 Å². The van der Waals surface area contributed by atoms with Gasteiger partial charge in [-0.2, -0.15) is 0 Å². The zero-order valence-electron chi connectivity index (χ0n) is 13.4. The van der Waals surface area contributed by atoms with E-state index in [9.17, 15) is 0 Å². The molecular formula is C19H17N3S. The molecule has 2 aromatic heterocycles. The Morgan fingerprint density at radius 3 is 2.57 bits per heavy atom. The minimum absolute atomic E-state index is 0.968. The fourth-order valence-electron chi connectivity index (χ4n) is 3.06. The van der Waals surface area contributed by atoms with E-state index < -0.39 is 0 Å². The first-order valence-corrected chi connectivity index (χ1v) is 8.42. The third-order valence-corrected chi connectivity index (χ3v) is 5.01. The molecule has 0 amide bonds. The van der Waals surface area contributed by atoms with Crippen molar-refractivity contribution in [3.63, 3.8) is 0 Å². The molecule has 4 aromatic rings. The molecule has 0 N–H and O–H groups in total. The Bertz CT molecular complexity index is 990. The van der Waals surface area contributed by atoms with Crippen LogP contribution in [0.1, 0.15) is 16.1 Å². The Kier molecular flexibility index (Phi) is 3.27. The summed E-state index contributed by atoms with van der Waals surface area (Å²) in [7, 11) is 0. The lowest BCUT2D eigenvalue weighted by Crippen LogP contribution is -2.01. The highest BCUT2D eigenvalue weighted by Crippen LogP contribution is 2.30. The lowest BCUT2D eigenvalue weighted by molar-refractivity contribution is 1.03. The van der Waals surface area contributed by atoms with Crippen LogP contribution >= 0.6 is 11.3 Å². The maximum absolute atomic E-state index is 4.61. The predicted molar refractivity (Wildman–Crippen MR) is 96.4 cm³/mol. The summed E-state index contributed by atoms with van der Waals surface area (Å²) >= 11 is 1.72. The van der Waals surface area contributed by atoms with Crippen molar-refractivity contribution in [2.75, 3.05) is 0 Å². The van der Waals surface area contributed by atoms with Crippen molar-refractivity contribution < 1.29 is 0 Å². The van der Waals surface area contributed by atoms with E-state index in [1.54, 1.807) is 11.3 Å². The van der Waals surface area contributed by atoms with Crippen LogP contribution in [0.3, 0.4) is 0 Å². The first-order valence-electron chi connectivity index (χ1n) is 7.61. The van der Waals surface area contributed by atoms with E-state index in [-0.39, 0.29) is 0 Å². The second-order valence-electron chi connectivity index (χ2n) is 5.78. The highest BCUT2D eigenvalue weighted by Gasteiger charge is 2.12. The van der Waals surface area contributed by atoms with E-state index in [4.69, 9.17) is 0 Å². The maximum Gasteiger partial charge on any atom is 0.144 e. The van der Waals surface area contributed by atoms with Gasteiger partial charge in [-0.25, -0.2) is 9.97 Å². The number of thiazole rings is 1. The number of hydrogen-bond donors (Lipinski definition) is 0. The van der Waals surface area contributed by atoms with Crippen LogP contribution in [0.25, 0.3) is 27.3 Å². The number of fused-ring (bicyclic) bond motifs is 1. The number of hydrogen-bond acceptors (Lipinski definition) is 3. The molecule has 2 heterocycles. The molecule has 4 rings (SSSR count). The molecule has 2 aromatic carbocycles. The minimum atomic E-state index is 0.968. The van der Waals surface area contributed by atoms with Crippen LogP contribution in [0.2, 0.25) is 0 Å². The number of aromatic nitrogens is 3. The molecule has 114 valence electrons. The van der Waals surface area contributed by atoms with Gasteiger partial charge in [-0.3, -0.25) is 4.57 Å². The first kappa shape index (κ1) is 14.2. The lowest BCUT2D eigenvalue weighted by atomic mass is 10.1. The lowest BCUT2D eigenvalue weighted by Gasteiger charge is -2.14. The van der Waals surface area contributed by atoms with Gasteiger partial charge in [-0.15, -0.1) is 11.3 Å². The molecule has 4 heteroatoms. The number of rotatable bonds is 2. The quantitative estimate of drug-likeness (QED) is 0.516. The molecule has 0 saturated carbocycles. The van der Waals surface area contributed by atoms with E-state index in [2.05, 4.69) is 64.8 Å². The van der Waals surface area contributed by atoms with E-state index in [0.29, 0.717) is 0 Å². The van der Waals surface area contributed by atoms with Crippen molar-refractivity contribution in [3.8, 4) is 17.1 Å². The number of aryl methyl sites for hydroxylation is 3. The van der Waals surface area contributed by atoms with Gasteiger partial charge in [0.2, 0.25) is 0 Å². The number of imidazole rings is 1. The van der Waals surface area contributed by atoms with Gasteiger partial charge < -0.3 is 0 Å². The van der Waals surface area contributed by atoms with E-state index in [1.165, 1.54) is 21.5 Å². The van der Waals surface area contributed by atoms with E-state index in [0.717, 1.165) is 21.9 Å². The van der Waals surface area contributed by atoms with Crippen LogP contribution in [0.4, 0.5) is 0 Å². The minimum Gasteiger partial charge on any atom is -0.299 e. The van der Waals surface area contributed by atoms with Gasteiger partial charge in [0.05, 0.1) is 20.9 Å². The van der Waals surface area contributed by atoms with Crippen LogP contribution in [0.15, 0.2) is 48.8 Å². The molecule has 0 unspecified atom stereocenters. The SMILES string of the molecule is Cc1nc2ccc(-c3nccn3-c3c(C)cccc3C)cc2s1. The van der Waals surface area contributed by atoms with Gasteiger partial charge >= 0.3 is 0 Å². The summed E-state index contributed by atoms with van der Waals surface area (Å²) in [5.41, 5.74) is 5.88. The molecule has 0 bridgehead atoms. The van der Waals surface area contributed by atoms with Gasteiger partial charge in [-0.1, -0.05) is 18.2 Å². The third-order valence-electron chi connectivity index (χ3n) is 4.07. The number of para-hydroxylation sites is 1. The smallest absolute Gasteiger partial charge is 0.144 e. The summed E-state index contributed by atoms with van der Waals surface area (Å²) in [5, 5.41) is 1.09.